The second kappa shape index (κ2) is 5.61. The lowest BCUT2D eigenvalue weighted by Crippen LogP contribution is -2.15. The fraction of sp³-hybridized carbons (Fsp3) is 0.200. The molecule has 1 aromatic heterocycles. The van der Waals surface area contributed by atoms with E-state index in [9.17, 15) is 9.59 Å². The van der Waals surface area contributed by atoms with E-state index in [1.165, 1.54) is 7.11 Å². The van der Waals surface area contributed by atoms with Gasteiger partial charge in [-0.05, 0) is 38.1 Å². The van der Waals surface area contributed by atoms with E-state index in [1.54, 1.807) is 37.3 Å². The molecule has 0 saturated carbocycles. The molecule has 0 radical (unpaired) electrons. The Balaban J connectivity index is 2.29. The van der Waals surface area contributed by atoms with E-state index in [0.29, 0.717) is 17.0 Å². The van der Waals surface area contributed by atoms with Gasteiger partial charge in [-0.3, -0.25) is 4.79 Å². The zero-order valence-corrected chi connectivity index (χ0v) is 11.5. The number of ether oxygens (including phenoxy) is 1. The summed E-state index contributed by atoms with van der Waals surface area (Å²) in [6.45, 7) is 3.61. The van der Waals surface area contributed by atoms with Gasteiger partial charge in [0.1, 0.15) is 5.76 Å². The van der Waals surface area contributed by atoms with E-state index in [4.69, 9.17) is 9.15 Å². The first kappa shape index (κ1) is 13.9. The second-order valence-corrected chi connectivity index (χ2v) is 4.41. The largest absolute Gasteiger partial charge is 0.465 e. The maximum atomic E-state index is 12.0. The highest BCUT2D eigenvalue weighted by atomic mass is 16.5. The molecule has 5 heteroatoms. The highest BCUT2D eigenvalue weighted by Crippen LogP contribution is 2.19. The van der Waals surface area contributed by atoms with Crippen LogP contribution in [0.3, 0.4) is 0 Å². The van der Waals surface area contributed by atoms with Crippen LogP contribution in [0.25, 0.3) is 0 Å². The maximum Gasteiger partial charge on any atom is 0.339 e. The first-order valence-electron chi connectivity index (χ1n) is 6.08. The zero-order chi connectivity index (χ0) is 14.7. The summed E-state index contributed by atoms with van der Waals surface area (Å²) in [7, 11) is 1.30. The third-order valence-electron chi connectivity index (χ3n) is 2.79. The molecule has 0 atom stereocenters. The van der Waals surface area contributed by atoms with Crippen LogP contribution in [0.1, 0.15) is 32.2 Å². The molecule has 0 saturated heterocycles. The van der Waals surface area contributed by atoms with Gasteiger partial charge in [-0.1, -0.05) is 11.6 Å². The molecule has 5 nitrogen and oxygen atoms in total. The van der Waals surface area contributed by atoms with E-state index < -0.39 is 11.9 Å². The monoisotopic (exact) mass is 273 g/mol. The Bertz CT molecular complexity index is 658. The highest BCUT2D eigenvalue weighted by molar-refractivity contribution is 6.06. The molecule has 1 heterocycles. The van der Waals surface area contributed by atoms with E-state index in [-0.39, 0.29) is 5.76 Å². The van der Waals surface area contributed by atoms with Gasteiger partial charge in [0.15, 0.2) is 5.76 Å². The minimum Gasteiger partial charge on any atom is -0.465 e. The molecule has 104 valence electrons. The van der Waals surface area contributed by atoms with Gasteiger partial charge < -0.3 is 14.5 Å². The van der Waals surface area contributed by atoms with Crippen molar-refractivity contribution in [2.75, 3.05) is 12.4 Å². The summed E-state index contributed by atoms with van der Waals surface area (Å²) < 4.78 is 9.95. The molecule has 2 aromatic rings. The molecule has 0 unspecified atom stereocenters. The molecule has 2 rings (SSSR count). The van der Waals surface area contributed by atoms with Gasteiger partial charge >= 0.3 is 5.97 Å². The summed E-state index contributed by atoms with van der Waals surface area (Å²) in [6.07, 6.45) is 0. The molecule has 1 aromatic carbocycles. The number of hydrogen-bond acceptors (Lipinski definition) is 4. The molecular weight excluding hydrogens is 258 g/mol. The SMILES string of the molecule is COC(=O)c1cc(C)ccc1NC(=O)c1ccc(C)o1. The van der Waals surface area contributed by atoms with Crippen molar-refractivity contribution in [3.8, 4) is 0 Å². The molecule has 0 aliphatic rings. The third kappa shape index (κ3) is 2.88. The number of anilines is 1. The van der Waals surface area contributed by atoms with E-state index in [2.05, 4.69) is 5.32 Å². The Morgan fingerprint density at radius 3 is 2.50 bits per heavy atom. The highest BCUT2D eigenvalue weighted by Gasteiger charge is 2.16. The number of carbonyl (C=O) groups is 2. The summed E-state index contributed by atoms with van der Waals surface area (Å²) in [5, 5.41) is 2.65. The predicted molar refractivity (Wildman–Crippen MR) is 73.9 cm³/mol. The number of aryl methyl sites for hydroxylation is 2. The minimum atomic E-state index is -0.500. The molecule has 1 amide bonds. The molecule has 20 heavy (non-hydrogen) atoms. The van der Waals surface area contributed by atoms with Crippen molar-refractivity contribution in [1.82, 2.24) is 0 Å². The number of benzene rings is 1. The summed E-state index contributed by atoms with van der Waals surface area (Å²) in [5.41, 5.74) is 1.60. The van der Waals surface area contributed by atoms with Gasteiger partial charge in [0.05, 0.1) is 18.4 Å². The first-order valence-corrected chi connectivity index (χ1v) is 6.08. The van der Waals surface area contributed by atoms with Crippen molar-refractivity contribution < 1.29 is 18.7 Å². The first-order chi connectivity index (χ1) is 9.51. The van der Waals surface area contributed by atoms with Crippen LogP contribution >= 0.6 is 0 Å². The summed E-state index contributed by atoms with van der Waals surface area (Å²) >= 11 is 0. The third-order valence-corrected chi connectivity index (χ3v) is 2.79. The van der Waals surface area contributed by atoms with Crippen molar-refractivity contribution in [3.05, 3.63) is 53.0 Å². The molecule has 0 bridgehead atoms. The fourth-order valence-corrected chi connectivity index (χ4v) is 1.79. The van der Waals surface area contributed by atoms with Crippen LogP contribution in [0.5, 0.6) is 0 Å². The average Bonchev–Trinajstić information content (AvgIpc) is 2.86. The number of amides is 1. The Morgan fingerprint density at radius 2 is 1.90 bits per heavy atom. The Morgan fingerprint density at radius 1 is 1.15 bits per heavy atom. The van der Waals surface area contributed by atoms with Gasteiger partial charge in [0.25, 0.3) is 5.91 Å². The lowest BCUT2D eigenvalue weighted by atomic mass is 10.1. The minimum absolute atomic E-state index is 0.193. The van der Waals surface area contributed by atoms with Crippen molar-refractivity contribution in [2.24, 2.45) is 0 Å². The number of furan rings is 1. The van der Waals surface area contributed by atoms with Gasteiger partial charge in [0.2, 0.25) is 0 Å². The van der Waals surface area contributed by atoms with E-state index in [0.717, 1.165) is 5.56 Å². The molecule has 0 spiro atoms. The Labute approximate surface area is 116 Å². The number of nitrogens with one attached hydrogen (secondary N) is 1. The molecular formula is C15H15NO4. The molecule has 0 aliphatic carbocycles. The van der Waals surface area contributed by atoms with Gasteiger partial charge in [-0.15, -0.1) is 0 Å². The summed E-state index contributed by atoms with van der Waals surface area (Å²) in [4.78, 5) is 23.7. The fourth-order valence-electron chi connectivity index (χ4n) is 1.79. The van der Waals surface area contributed by atoms with Crippen molar-refractivity contribution in [3.63, 3.8) is 0 Å². The van der Waals surface area contributed by atoms with Crippen LogP contribution in [-0.4, -0.2) is 19.0 Å². The number of methoxy groups -OCH3 is 1. The van der Waals surface area contributed by atoms with Crippen molar-refractivity contribution in [1.29, 1.82) is 0 Å². The lowest BCUT2D eigenvalue weighted by molar-refractivity contribution is 0.0602. The Hall–Kier alpha value is -2.56. The number of carbonyl (C=O) groups excluding carboxylic acids is 2. The molecule has 0 aliphatic heterocycles. The van der Waals surface area contributed by atoms with Crippen molar-refractivity contribution in [2.45, 2.75) is 13.8 Å². The number of rotatable bonds is 3. The summed E-state index contributed by atoms with van der Waals surface area (Å²) in [6, 6.07) is 8.40. The van der Waals surface area contributed by atoms with Crippen LogP contribution in [-0.2, 0) is 4.74 Å². The molecule has 1 N–H and O–H groups in total. The van der Waals surface area contributed by atoms with Gasteiger partial charge in [-0.2, -0.15) is 0 Å². The van der Waals surface area contributed by atoms with E-state index in [1.807, 2.05) is 6.92 Å². The molecule has 0 fully saturated rings. The van der Waals surface area contributed by atoms with Crippen LogP contribution in [0.2, 0.25) is 0 Å². The van der Waals surface area contributed by atoms with Crippen molar-refractivity contribution >= 4 is 17.6 Å². The smallest absolute Gasteiger partial charge is 0.339 e. The predicted octanol–water partition coefficient (Wildman–Crippen LogP) is 2.94. The van der Waals surface area contributed by atoms with Crippen LogP contribution in [0.15, 0.2) is 34.7 Å². The van der Waals surface area contributed by atoms with Crippen LogP contribution < -0.4 is 5.32 Å². The van der Waals surface area contributed by atoms with Crippen LogP contribution in [0, 0.1) is 13.8 Å². The van der Waals surface area contributed by atoms with E-state index >= 15 is 0 Å². The summed E-state index contributed by atoms with van der Waals surface area (Å²) in [5.74, 6) is -0.0714. The van der Waals surface area contributed by atoms with Crippen LogP contribution in [0.4, 0.5) is 5.69 Å². The average molecular weight is 273 g/mol. The standard InChI is InChI=1S/C15H15NO4/c1-9-4-6-12(11(8-9)15(18)19-3)16-14(17)13-7-5-10(2)20-13/h4-8H,1-3H3,(H,16,17). The maximum absolute atomic E-state index is 12.0. The zero-order valence-electron chi connectivity index (χ0n) is 11.5. The van der Waals surface area contributed by atoms with Gasteiger partial charge in [0, 0.05) is 0 Å². The second-order valence-electron chi connectivity index (χ2n) is 4.41. The normalized spacial score (nSPS) is 10.2. The Kier molecular flexibility index (Phi) is 3.89. The topological polar surface area (TPSA) is 68.5 Å². The quantitative estimate of drug-likeness (QED) is 0.873. The number of esters is 1. The number of hydrogen-bond donors (Lipinski definition) is 1. The van der Waals surface area contributed by atoms with Gasteiger partial charge in [-0.25, -0.2) is 4.79 Å². The lowest BCUT2D eigenvalue weighted by Gasteiger charge is -2.09.